The molecule has 0 aromatic carbocycles. The molecule has 2 fully saturated rings. The Morgan fingerprint density at radius 1 is 1.41 bits per heavy atom. The van der Waals surface area contributed by atoms with Crippen LogP contribution in [0.1, 0.15) is 25.0 Å². The lowest BCUT2D eigenvalue weighted by molar-refractivity contribution is -0.0246. The van der Waals surface area contributed by atoms with Crippen LogP contribution < -0.4 is 5.32 Å². The topological polar surface area (TPSA) is 43.6 Å². The summed E-state index contributed by atoms with van der Waals surface area (Å²) in [5.41, 5.74) is 0.0824. The van der Waals surface area contributed by atoms with Crippen LogP contribution in [-0.4, -0.2) is 31.4 Å². The van der Waals surface area contributed by atoms with E-state index in [2.05, 4.69) is 5.32 Å². The van der Waals surface area contributed by atoms with Crippen molar-refractivity contribution in [3.63, 3.8) is 0 Å². The molecule has 0 radical (unpaired) electrons. The lowest BCUT2D eigenvalue weighted by atomic mass is 9.89. The predicted octanol–water partition coefficient (Wildman–Crippen LogP) is 1.71. The van der Waals surface area contributed by atoms with Crippen molar-refractivity contribution >= 4 is 0 Å². The zero-order valence-electron chi connectivity index (χ0n) is 9.98. The highest BCUT2D eigenvalue weighted by Crippen LogP contribution is 2.35. The summed E-state index contributed by atoms with van der Waals surface area (Å²) >= 11 is 0. The van der Waals surface area contributed by atoms with Crippen molar-refractivity contribution < 1.29 is 13.9 Å². The first-order valence-electron chi connectivity index (χ1n) is 6.35. The van der Waals surface area contributed by atoms with E-state index in [0.29, 0.717) is 6.61 Å². The number of hydrogen-bond acceptors (Lipinski definition) is 4. The molecule has 17 heavy (non-hydrogen) atoms. The van der Waals surface area contributed by atoms with Crippen LogP contribution in [0.15, 0.2) is 22.8 Å². The molecule has 1 N–H and O–H groups in total. The second kappa shape index (κ2) is 4.80. The average molecular weight is 237 g/mol. The van der Waals surface area contributed by atoms with E-state index in [9.17, 15) is 0 Å². The molecule has 0 saturated carbocycles. The van der Waals surface area contributed by atoms with Crippen LogP contribution in [-0.2, 0) is 16.1 Å². The van der Waals surface area contributed by atoms with Crippen molar-refractivity contribution in [2.75, 3.05) is 19.7 Å². The van der Waals surface area contributed by atoms with Gasteiger partial charge in [0.25, 0.3) is 0 Å². The second-order valence-corrected chi connectivity index (χ2v) is 4.96. The van der Waals surface area contributed by atoms with E-state index in [-0.39, 0.29) is 11.7 Å². The number of nitrogens with one attached hydrogen (secondary N) is 1. The third-order valence-corrected chi connectivity index (χ3v) is 3.73. The van der Waals surface area contributed by atoms with Gasteiger partial charge in [0, 0.05) is 6.42 Å². The summed E-state index contributed by atoms with van der Waals surface area (Å²) in [4.78, 5) is 0. The van der Waals surface area contributed by atoms with Crippen LogP contribution in [0.3, 0.4) is 0 Å². The zero-order chi connectivity index (χ0) is 11.6. The van der Waals surface area contributed by atoms with Crippen LogP contribution in [0.25, 0.3) is 0 Å². The van der Waals surface area contributed by atoms with Crippen LogP contribution in [0.4, 0.5) is 0 Å². The molecular weight excluding hydrogens is 218 g/mol. The minimum Gasteiger partial charge on any atom is -0.467 e. The molecule has 4 heteroatoms. The maximum Gasteiger partial charge on any atom is 0.129 e. The van der Waals surface area contributed by atoms with Crippen molar-refractivity contribution in [3.8, 4) is 0 Å². The van der Waals surface area contributed by atoms with E-state index in [1.54, 1.807) is 6.26 Å². The fourth-order valence-corrected chi connectivity index (χ4v) is 2.74. The first-order chi connectivity index (χ1) is 8.36. The first kappa shape index (κ1) is 11.3. The van der Waals surface area contributed by atoms with Gasteiger partial charge in [-0.25, -0.2) is 0 Å². The summed E-state index contributed by atoms with van der Waals surface area (Å²) in [5, 5.41) is 3.37. The molecule has 1 atom stereocenters. The molecule has 4 nitrogen and oxygen atoms in total. The number of furan rings is 1. The van der Waals surface area contributed by atoms with Gasteiger partial charge in [-0.15, -0.1) is 0 Å². The van der Waals surface area contributed by atoms with Crippen LogP contribution in [0.5, 0.6) is 0 Å². The highest BCUT2D eigenvalue weighted by molar-refractivity contribution is 4.97. The van der Waals surface area contributed by atoms with E-state index >= 15 is 0 Å². The van der Waals surface area contributed by atoms with Crippen molar-refractivity contribution in [2.45, 2.75) is 37.6 Å². The van der Waals surface area contributed by atoms with Gasteiger partial charge in [0.2, 0.25) is 0 Å². The molecule has 1 aromatic rings. The molecule has 0 bridgehead atoms. The molecule has 3 heterocycles. The number of piperidine rings is 1. The third-order valence-electron chi connectivity index (χ3n) is 3.73. The fourth-order valence-electron chi connectivity index (χ4n) is 2.74. The van der Waals surface area contributed by atoms with E-state index in [1.165, 1.54) is 0 Å². The lowest BCUT2D eigenvalue weighted by Crippen LogP contribution is -2.41. The van der Waals surface area contributed by atoms with Gasteiger partial charge in [0.15, 0.2) is 0 Å². The molecule has 94 valence electrons. The summed E-state index contributed by atoms with van der Waals surface area (Å²) in [6.45, 7) is 3.39. The monoisotopic (exact) mass is 237 g/mol. The molecule has 0 amide bonds. The Bertz CT molecular complexity index is 344. The Balaban J connectivity index is 1.50. The van der Waals surface area contributed by atoms with Gasteiger partial charge in [-0.2, -0.15) is 0 Å². The minimum absolute atomic E-state index is 0.0824. The quantitative estimate of drug-likeness (QED) is 0.869. The Labute approximate surface area is 101 Å². The Hall–Kier alpha value is -0.840. The third kappa shape index (κ3) is 2.54. The van der Waals surface area contributed by atoms with Gasteiger partial charge in [-0.1, -0.05) is 0 Å². The number of ether oxygens (including phenoxy) is 2. The normalized spacial score (nSPS) is 27.6. The van der Waals surface area contributed by atoms with Gasteiger partial charge < -0.3 is 19.2 Å². The Morgan fingerprint density at radius 2 is 2.29 bits per heavy atom. The van der Waals surface area contributed by atoms with Crippen LogP contribution >= 0.6 is 0 Å². The summed E-state index contributed by atoms with van der Waals surface area (Å²) in [5.74, 6) is 0.885. The molecule has 0 aliphatic carbocycles. The number of rotatable bonds is 3. The van der Waals surface area contributed by atoms with E-state index in [4.69, 9.17) is 13.9 Å². The Kier molecular flexibility index (Phi) is 3.18. The smallest absolute Gasteiger partial charge is 0.129 e. The number of hydrogen-bond donors (Lipinski definition) is 1. The van der Waals surface area contributed by atoms with Crippen molar-refractivity contribution in [2.24, 2.45) is 0 Å². The predicted molar refractivity (Wildman–Crippen MR) is 62.7 cm³/mol. The summed E-state index contributed by atoms with van der Waals surface area (Å²) in [6.07, 6.45) is 5.13. The molecule has 1 aromatic heterocycles. The maximum atomic E-state index is 5.97. The molecule has 3 rings (SSSR count). The van der Waals surface area contributed by atoms with Gasteiger partial charge in [-0.05, 0) is 38.1 Å². The first-order valence-corrected chi connectivity index (χ1v) is 6.35. The summed E-state index contributed by atoms with van der Waals surface area (Å²) in [7, 11) is 0. The van der Waals surface area contributed by atoms with Gasteiger partial charge in [-0.3, -0.25) is 0 Å². The summed E-state index contributed by atoms with van der Waals surface area (Å²) in [6, 6.07) is 3.83. The van der Waals surface area contributed by atoms with Gasteiger partial charge >= 0.3 is 0 Å². The molecule has 2 aliphatic heterocycles. The van der Waals surface area contributed by atoms with Crippen LogP contribution in [0.2, 0.25) is 0 Å². The van der Waals surface area contributed by atoms with E-state index in [0.717, 1.165) is 44.7 Å². The van der Waals surface area contributed by atoms with E-state index < -0.39 is 0 Å². The van der Waals surface area contributed by atoms with Crippen molar-refractivity contribution in [3.05, 3.63) is 24.2 Å². The molecule has 1 unspecified atom stereocenters. The lowest BCUT2D eigenvalue weighted by Gasteiger charge is -2.32. The molecular formula is C13H19NO3. The largest absolute Gasteiger partial charge is 0.467 e. The minimum atomic E-state index is 0.0824. The van der Waals surface area contributed by atoms with Crippen molar-refractivity contribution in [1.29, 1.82) is 0 Å². The van der Waals surface area contributed by atoms with E-state index in [1.807, 2.05) is 12.1 Å². The molecule has 2 aliphatic rings. The Morgan fingerprint density at radius 3 is 3.06 bits per heavy atom. The van der Waals surface area contributed by atoms with Crippen molar-refractivity contribution in [1.82, 2.24) is 5.32 Å². The van der Waals surface area contributed by atoms with Gasteiger partial charge in [0.05, 0.1) is 24.6 Å². The second-order valence-electron chi connectivity index (χ2n) is 4.96. The standard InChI is InChI=1S/C13H19NO3/c1-2-11(15-7-1)9-16-12-8-13(17-10-12)3-5-14-6-4-13/h1-2,7,12,14H,3-6,8-10H2. The summed E-state index contributed by atoms with van der Waals surface area (Å²) < 4.78 is 17.1. The molecule has 1 spiro atoms. The maximum absolute atomic E-state index is 5.97. The highest BCUT2D eigenvalue weighted by Gasteiger charge is 2.41. The zero-order valence-corrected chi connectivity index (χ0v) is 9.98. The van der Waals surface area contributed by atoms with Crippen LogP contribution in [0, 0.1) is 0 Å². The molecule has 2 saturated heterocycles. The fraction of sp³-hybridized carbons (Fsp3) is 0.692. The van der Waals surface area contributed by atoms with Gasteiger partial charge in [0.1, 0.15) is 12.4 Å². The average Bonchev–Trinajstić information content (AvgIpc) is 2.98. The highest BCUT2D eigenvalue weighted by atomic mass is 16.6. The SMILES string of the molecule is c1coc(COC2COC3(CCNCC3)C2)c1.